The molecule has 1 saturated heterocycles. The Labute approximate surface area is 131 Å². The lowest BCUT2D eigenvalue weighted by Gasteiger charge is -2.29. The van der Waals surface area contributed by atoms with E-state index in [0.717, 1.165) is 49.6 Å². The maximum atomic E-state index is 11.0. The highest BCUT2D eigenvalue weighted by molar-refractivity contribution is 7.88. The molecule has 2 heterocycles. The van der Waals surface area contributed by atoms with Crippen LogP contribution in [0.3, 0.4) is 0 Å². The van der Waals surface area contributed by atoms with E-state index in [1.165, 1.54) is 0 Å². The molecule has 0 amide bonds. The highest BCUT2D eigenvalue weighted by Crippen LogP contribution is 2.23. The topological polar surface area (TPSA) is 88.5 Å². The number of sulfonamides is 1. The molecule has 2 N–H and O–H groups in total. The molecule has 0 saturated carbocycles. The summed E-state index contributed by atoms with van der Waals surface area (Å²) < 4.78 is 31.8. The van der Waals surface area contributed by atoms with Crippen molar-refractivity contribution in [2.24, 2.45) is 7.05 Å². The summed E-state index contributed by atoms with van der Waals surface area (Å²) in [7, 11) is -1.18. The Kier molecular flexibility index (Phi) is 5.79. The van der Waals surface area contributed by atoms with Crippen LogP contribution in [0.4, 0.5) is 5.82 Å². The van der Waals surface area contributed by atoms with Gasteiger partial charge in [-0.15, -0.1) is 0 Å². The molecule has 1 aliphatic rings. The van der Waals surface area contributed by atoms with Crippen molar-refractivity contribution in [3.05, 3.63) is 11.3 Å². The molecule has 0 aliphatic carbocycles. The Morgan fingerprint density at radius 2 is 1.95 bits per heavy atom. The summed E-state index contributed by atoms with van der Waals surface area (Å²) in [5, 5.41) is 7.78. The zero-order chi connectivity index (χ0) is 16.2. The van der Waals surface area contributed by atoms with Crippen LogP contribution in [0, 0.1) is 6.92 Å². The minimum Gasteiger partial charge on any atom is -0.378 e. The molecular formula is C13H25N5O3S. The molecule has 0 radical (unpaired) electrons. The van der Waals surface area contributed by atoms with Crippen molar-refractivity contribution in [1.29, 1.82) is 0 Å². The van der Waals surface area contributed by atoms with Gasteiger partial charge in [-0.3, -0.25) is 4.68 Å². The molecule has 9 heteroatoms. The van der Waals surface area contributed by atoms with Gasteiger partial charge in [0.2, 0.25) is 10.0 Å². The number of aromatic nitrogens is 2. The van der Waals surface area contributed by atoms with E-state index < -0.39 is 10.0 Å². The van der Waals surface area contributed by atoms with E-state index in [1.807, 2.05) is 18.7 Å². The lowest BCUT2D eigenvalue weighted by atomic mass is 10.2. The third kappa shape index (κ3) is 4.67. The average Bonchev–Trinajstić information content (AvgIpc) is 2.72. The standard InChI is InChI=1S/C13H25N5O3S/c1-11-12(10-14-4-5-15-22(3,19)20)13(17(2)16-11)18-6-8-21-9-7-18/h14-15H,4-10H2,1-3H3. The maximum Gasteiger partial charge on any atom is 0.208 e. The van der Waals surface area contributed by atoms with Crippen LogP contribution in [0.5, 0.6) is 0 Å². The summed E-state index contributed by atoms with van der Waals surface area (Å²) in [6.07, 6.45) is 1.16. The van der Waals surface area contributed by atoms with Gasteiger partial charge in [0.25, 0.3) is 0 Å². The van der Waals surface area contributed by atoms with E-state index >= 15 is 0 Å². The molecule has 126 valence electrons. The van der Waals surface area contributed by atoms with Gasteiger partial charge >= 0.3 is 0 Å². The number of hydrogen-bond acceptors (Lipinski definition) is 6. The third-order valence-corrected chi connectivity index (χ3v) is 4.32. The second kappa shape index (κ2) is 7.40. The Hall–Kier alpha value is -1.16. The molecule has 8 nitrogen and oxygen atoms in total. The summed E-state index contributed by atoms with van der Waals surface area (Å²) in [5.74, 6) is 1.12. The van der Waals surface area contributed by atoms with Crippen molar-refractivity contribution in [3.63, 3.8) is 0 Å². The molecule has 1 aliphatic heterocycles. The van der Waals surface area contributed by atoms with Crippen molar-refractivity contribution in [2.75, 3.05) is 50.5 Å². The second-order valence-corrected chi connectivity index (χ2v) is 7.29. The molecule has 0 spiro atoms. The number of anilines is 1. The molecular weight excluding hydrogens is 306 g/mol. The normalized spacial score (nSPS) is 16.2. The molecule has 0 bridgehead atoms. The summed E-state index contributed by atoms with van der Waals surface area (Å²) in [6, 6.07) is 0. The van der Waals surface area contributed by atoms with E-state index in [4.69, 9.17) is 4.74 Å². The molecule has 22 heavy (non-hydrogen) atoms. The number of hydrogen-bond donors (Lipinski definition) is 2. The molecule has 0 aromatic carbocycles. The SMILES string of the molecule is Cc1nn(C)c(N2CCOCC2)c1CNCCNS(C)(=O)=O. The largest absolute Gasteiger partial charge is 0.378 e. The lowest BCUT2D eigenvalue weighted by Crippen LogP contribution is -2.38. The van der Waals surface area contributed by atoms with Crippen molar-refractivity contribution >= 4 is 15.8 Å². The number of nitrogens with zero attached hydrogens (tertiary/aromatic N) is 3. The molecule has 2 rings (SSSR count). The maximum absolute atomic E-state index is 11.0. The van der Waals surface area contributed by atoms with E-state index in [9.17, 15) is 8.42 Å². The molecule has 1 aromatic heterocycles. The number of aryl methyl sites for hydroxylation is 2. The first-order valence-electron chi connectivity index (χ1n) is 7.39. The van der Waals surface area contributed by atoms with Gasteiger partial charge in [0.1, 0.15) is 5.82 Å². The number of ether oxygens (including phenoxy) is 1. The monoisotopic (exact) mass is 331 g/mol. The fourth-order valence-corrected chi connectivity index (χ4v) is 3.08. The highest BCUT2D eigenvalue weighted by Gasteiger charge is 2.20. The summed E-state index contributed by atoms with van der Waals surface area (Å²) >= 11 is 0. The average molecular weight is 331 g/mol. The summed E-state index contributed by atoms with van der Waals surface area (Å²) in [6.45, 7) is 6.80. The van der Waals surface area contributed by atoms with E-state index in [1.54, 1.807) is 0 Å². The van der Waals surface area contributed by atoms with Gasteiger partial charge in [0.15, 0.2) is 0 Å². The van der Waals surface area contributed by atoms with Crippen LogP contribution in [0.2, 0.25) is 0 Å². The van der Waals surface area contributed by atoms with Crippen LogP contribution in [0.15, 0.2) is 0 Å². The molecule has 0 atom stereocenters. The van der Waals surface area contributed by atoms with E-state index in [2.05, 4.69) is 20.0 Å². The molecule has 1 aromatic rings. The quantitative estimate of drug-likeness (QED) is 0.636. The highest BCUT2D eigenvalue weighted by atomic mass is 32.2. The van der Waals surface area contributed by atoms with Crippen LogP contribution in [-0.4, -0.2) is 63.8 Å². The number of morpholine rings is 1. The Bertz CT molecular complexity index is 593. The van der Waals surface area contributed by atoms with Crippen molar-refractivity contribution in [3.8, 4) is 0 Å². The number of rotatable bonds is 7. The summed E-state index contributed by atoms with van der Waals surface area (Å²) in [4.78, 5) is 2.29. The van der Waals surface area contributed by atoms with Crippen molar-refractivity contribution in [2.45, 2.75) is 13.5 Å². The van der Waals surface area contributed by atoms with Gasteiger partial charge in [0, 0.05) is 45.3 Å². The first-order chi connectivity index (χ1) is 10.4. The zero-order valence-corrected chi connectivity index (χ0v) is 14.2. The third-order valence-electron chi connectivity index (χ3n) is 3.59. The van der Waals surface area contributed by atoms with Gasteiger partial charge < -0.3 is 15.0 Å². The van der Waals surface area contributed by atoms with Gasteiger partial charge in [0.05, 0.1) is 25.2 Å². The Morgan fingerprint density at radius 3 is 2.59 bits per heavy atom. The summed E-state index contributed by atoms with van der Waals surface area (Å²) in [5.41, 5.74) is 2.15. The van der Waals surface area contributed by atoms with Crippen LogP contribution < -0.4 is 14.9 Å². The van der Waals surface area contributed by atoms with Crippen LogP contribution in [0.1, 0.15) is 11.3 Å². The fourth-order valence-electron chi connectivity index (χ4n) is 2.61. The van der Waals surface area contributed by atoms with Crippen LogP contribution >= 0.6 is 0 Å². The fraction of sp³-hybridized carbons (Fsp3) is 0.769. The number of nitrogens with one attached hydrogen (secondary N) is 2. The first-order valence-corrected chi connectivity index (χ1v) is 9.28. The molecule has 1 fully saturated rings. The lowest BCUT2D eigenvalue weighted by molar-refractivity contribution is 0.122. The predicted octanol–water partition coefficient (Wildman–Crippen LogP) is -0.796. The predicted molar refractivity (Wildman–Crippen MR) is 85.5 cm³/mol. The van der Waals surface area contributed by atoms with E-state index in [-0.39, 0.29) is 0 Å². The van der Waals surface area contributed by atoms with Crippen LogP contribution in [0.25, 0.3) is 0 Å². The molecule has 0 unspecified atom stereocenters. The van der Waals surface area contributed by atoms with Crippen LogP contribution in [-0.2, 0) is 28.4 Å². The van der Waals surface area contributed by atoms with Gasteiger partial charge in [-0.05, 0) is 6.92 Å². The van der Waals surface area contributed by atoms with E-state index in [0.29, 0.717) is 19.6 Å². The Morgan fingerprint density at radius 1 is 1.27 bits per heavy atom. The smallest absolute Gasteiger partial charge is 0.208 e. The zero-order valence-electron chi connectivity index (χ0n) is 13.4. The van der Waals surface area contributed by atoms with Crippen molar-refractivity contribution in [1.82, 2.24) is 19.8 Å². The minimum absolute atomic E-state index is 0.380. The minimum atomic E-state index is -3.13. The Balaban J connectivity index is 1.95. The second-order valence-electron chi connectivity index (χ2n) is 5.45. The first kappa shape index (κ1) is 17.2. The van der Waals surface area contributed by atoms with Gasteiger partial charge in [-0.1, -0.05) is 0 Å². The van der Waals surface area contributed by atoms with Gasteiger partial charge in [-0.25, -0.2) is 13.1 Å². The van der Waals surface area contributed by atoms with Crippen molar-refractivity contribution < 1.29 is 13.2 Å². The van der Waals surface area contributed by atoms with Gasteiger partial charge in [-0.2, -0.15) is 5.10 Å².